The molecule has 1 nitrogen and oxygen atoms in total. The van der Waals surface area contributed by atoms with E-state index in [2.05, 4.69) is 50.2 Å². The Bertz CT molecular complexity index is 611. The summed E-state index contributed by atoms with van der Waals surface area (Å²) in [6.07, 6.45) is 3.33. The lowest BCUT2D eigenvalue weighted by atomic mass is 9.76. The Kier molecular flexibility index (Phi) is 3.62. The third-order valence-corrected chi connectivity index (χ3v) is 4.56. The van der Waals surface area contributed by atoms with Crippen molar-refractivity contribution < 1.29 is 5.11 Å². The van der Waals surface area contributed by atoms with E-state index in [1.54, 1.807) is 0 Å². The first-order chi connectivity index (χ1) is 9.66. The molecule has 1 aliphatic carbocycles. The van der Waals surface area contributed by atoms with E-state index in [1.165, 1.54) is 30.4 Å². The van der Waals surface area contributed by atoms with Gasteiger partial charge in [-0.3, -0.25) is 0 Å². The Balaban J connectivity index is 2.01. The van der Waals surface area contributed by atoms with Crippen molar-refractivity contribution in [3.8, 4) is 0 Å². The van der Waals surface area contributed by atoms with E-state index >= 15 is 0 Å². The summed E-state index contributed by atoms with van der Waals surface area (Å²) >= 11 is 0. The Hall–Kier alpha value is -1.60. The molecule has 1 saturated carbocycles. The highest BCUT2D eigenvalue weighted by Crippen LogP contribution is 2.40. The molecular formula is C19H22O. The lowest BCUT2D eigenvalue weighted by Gasteiger charge is -2.29. The molecule has 0 saturated heterocycles. The smallest absolute Gasteiger partial charge is 0.105 e. The second-order valence-corrected chi connectivity index (χ2v) is 6.02. The van der Waals surface area contributed by atoms with E-state index < -0.39 is 6.10 Å². The summed E-state index contributed by atoms with van der Waals surface area (Å²) in [6.45, 7) is 4.15. The van der Waals surface area contributed by atoms with Crippen molar-refractivity contribution in [2.24, 2.45) is 0 Å². The van der Waals surface area contributed by atoms with Gasteiger partial charge in [0.1, 0.15) is 6.10 Å². The van der Waals surface area contributed by atoms with Gasteiger partial charge in [-0.15, -0.1) is 0 Å². The van der Waals surface area contributed by atoms with Crippen molar-refractivity contribution in [3.63, 3.8) is 0 Å². The molecule has 1 N–H and O–H groups in total. The van der Waals surface area contributed by atoms with Gasteiger partial charge in [-0.25, -0.2) is 0 Å². The van der Waals surface area contributed by atoms with Gasteiger partial charge in [0.2, 0.25) is 0 Å². The fraction of sp³-hybridized carbons (Fsp3) is 0.368. The highest BCUT2D eigenvalue weighted by Gasteiger charge is 2.25. The molecule has 0 aromatic heterocycles. The summed E-state index contributed by atoms with van der Waals surface area (Å²) in [5.41, 5.74) is 5.83. The minimum absolute atomic E-state index is 0.508. The van der Waals surface area contributed by atoms with Crippen LogP contribution < -0.4 is 0 Å². The van der Waals surface area contributed by atoms with Crippen molar-refractivity contribution >= 4 is 0 Å². The monoisotopic (exact) mass is 266 g/mol. The number of hydrogen-bond donors (Lipinski definition) is 1. The minimum Gasteiger partial charge on any atom is -0.384 e. The summed E-state index contributed by atoms with van der Waals surface area (Å²) in [5.74, 6) is 0.644. The largest absolute Gasteiger partial charge is 0.384 e. The summed E-state index contributed by atoms with van der Waals surface area (Å²) in [4.78, 5) is 0. The number of aliphatic hydroxyl groups excluding tert-OH is 1. The molecule has 0 spiro atoms. The molecule has 2 aromatic rings. The van der Waals surface area contributed by atoms with Crippen LogP contribution in [0.3, 0.4) is 0 Å². The van der Waals surface area contributed by atoms with Gasteiger partial charge in [-0.2, -0.15) is 0 Å². The van der Waals surface area contributed by atoms with Gasteiger partial charge < -0.3 is 5.11 Å². The molecule has 1 aliphatic rings. The third kappa shape index (κ3) is 2.38. The van der Waals surface area contributed by atoms with Crippen molar-refractivity contribution in [2.75, 3.05) is 0 Å². The van der Waals surface area contributed by atoms with E-state index in [1.807, 2.05) is 6.07 Å². The second kappa shape index (κ2) is 5.41. The molecule has 3 rings (SSSR count). The van der Waals surface area contributed by atoms with E-state index in [0.717, 1.165) is 16.7 Å². The van der Waals surface area contributed by atoms with Crippen LogP contribution in [0.4, 0.5) is 0 Å². The van der Waals surface area contributed by atoms with Crippen LogP contribution in [0.1, 0.15) is 59.1 Å². The molecule has 0 bridgehead atoms. The predicted octanol–water partition coefficient (Wildman–Crippen LogP) is 4.65. The molecule has 0 heterocycles. The summed E-state index contributed by atoms with van der Waals surface area (Å²) in [7, 11) is 0. The van der Waals surface area contributed by atoms with Crippen LogP contribution in [-0.4, -0.2) is 5.11 Å². The number of benzene rings is 2. The maximum absolute atomic E-state index is 10.8. The average molecular weight is 266 g/mol. The normalized spacial score (nSPS) is 16.8. The van der Waals surface area contributed by atoms with Gasteiger partial charge in [-0.05, 0) is 54.9 Å². The van der Waals surface area contributed by atoms with Gasteiger partial charge in [0.25, 0.3) is 0 Å². The van der Waals surface area contributed by atoms with Gasteiger partial charge in [-0.1, -0.05) is 54.4 Å². The standard InChI is InChI=1S/C19H22O/c1-13-10-11-14(2)18(12-13)19(20)17-9-4-3-8-16(17)15-6-5-7-15/h3-4,8-12,15,19-20H,5-7H2,1-2H3. The first-order valence-electron chi connectivity index (χ1n) is 7.51. The molecular weight excluding hydrogens is 244 g/mol. The Labute approximate surface area is 121 Å². The molecule has 1 fully saturated rings. The maximum Gasteiger partial charge on any atom is 0.105 e. The zero-order chi connectivity index (χ0) is 14.1. The highest BCUT2D eigenvalue weighted by molar-refractivity contribution is 5.42. The second-order valence-electron chi connectivity index (χ2n) is 6.02. The van der Waals surface area contributed by atoms with E-state index in [-0.39, 0.29) is 0 Å². The molecule has 20 heavy (non-hydrogen) atoms. The van der Waals surface area contributed by atoms with Gasteiger partial charge in [0.05, 0.1) is 0 Å². The summed E-state index contributed by atoms with van der Waals surface area (Å²) in [6, 6.07) is 14.7. The number of rotatable bonds is 3. The summed E-state index contributed by atoms with van der Waals surface area (Å²) < 4.78 is 0. The van der Waals surface area contributed by atoms with Crippen LogP contribution in [0.5, 0.6) is 0 Å². The number of aliphatic hydroxyl groups is 1. The Morgan fingerprint density at radius 1 is 1.00 bits per heavy atom. The van der Waals surface area contributed by atoms with Gasteiger partial charge in [0, 0.05) is 0 Å². The van der Waals surface area contributed by atoms with Crippen LogP contribution in [0, 0.1) is 13.8 Å². The molecule has 2 aromatic carbocycles. The molecule has 0 amide bonds. The fourth-order valence-corrected chi connectivity index (χ4v) is 3.07. The van der Waals surface area contributed by atoms with Gasteiger partial charge >= 0.3 is 0 Å². The van der Waals surface area contributed by atoms with Crippen LogP contribution in [0.15, 0.2) is 42.5 Å². The molecule has 1 unspecified atom stereocenters. The summed E-state index contributed by atoms with van der Waals surface area (Å²) in [5, 5.41) is 10.8. The highest BCUT2D eigenvalue weighted by atomic mass is 16.3. The molecule has 1 atom stereocenters. The van der Waals surface area contributed by atoms with Crippen LogP contribution >= 0.6 is 0 Å². The lowest BCUT2D eigenvalue weighted by molar-refractivity contribution is 0.216. The molecule has 0 radical (unpaired) electrons. The third-order valence-electron chi connectivity index (χ3n) is 4.56. The number of aryl methyl sites for hydroxylation is 2. The number of hydrogen-bond acceptors (Lipinski definition) is 1. The SMILES string of the molecule is Cc1ccc(C)c(C(O)c2ccccc2C2CCC2)c1. The van der Waals surface area contributed by atoms with E-state index in [9.17, 15) is 5.11 Å². The maximum atomic E-state index is 10.8. The van der Waals surface area contributed by atoms with E-state index in [0.29, 0.717) is 5.92 Å². The Morgan fingerprint density at radius 2 is 1.75 bits per heavy atom. The van der Waals surface area contributed by atoms with Crippen molar-refractivity contribution in [3.05, 3.63) is 70.3 Å². The van der Waals surface area contributed by atoms with E-state index in [4.69, 9.17) is 0 Å². The first kappa shape index (κ1) is 13.4. The average Bonchev–Trinajstić information content (AvgIpc) is 2.39. The zero-order valence-corrected chi connectivity index (χ0v) is 12.3. The predicted molar refractivity (Wildman–Crippen MR) is 83.0 cm³/mol. The lowest BCUT2D eigenvalue weighted by Crippen LogP contribution is -2.14. The quantitative estimate of drug-likeness (QED) is 0.857. The van der Waals surface area contributed by atoms with Crippen molar-refractivity contribution in [1.29, 1.82) is 0 Å². The van der Waals surface area contributed by atoms with Crippen LogP contribution in [0.25, 0.3) is 0 Å². The Morgan fingerprint density at radius 3 is 2.45 bits per heavy atom. The topological polar surface area (TPSA) is 20.2 Å². The van der Waals surface area contributed by atoms with Crippen molar-refractivity contribution in [2.45, 2.75) is 45.1 Å². The van der Waals surface area contributed by atoms with Crippen molar-refractivity contribution in [1.82, 2.24) is 0 Å². The fourth-order valence-electron chi connectivity index (χ4n) is 3.07. The minimum atomic E-state index is -0.508. The zero-order valence-electron chi connectivity index (χ0n) is 12.3. The molecule has 104 valence electrons. The molecule has 1 heteroatoms. The van der Waals surface area contributed by atoms with Gasteiger partial charge in [0.15, 0.2) is 0 Å². The van der Waals surface area contributed by atoms with Crippen LogP contribution in [0.2, 0.25) is 0 Å². The molecule has 0 aliphatic heterocycles. The first-order valence-corrected chi connectivity index (χ1v) is 7.51. The van der Waals surface area contributed by atoms with Crippen LogP contribution in [-0.2, 0) is 0 Å².